The first kappa shape index (κ1) is 29.7. The van der Waals surface area contributed by atoms with Crippen LogP contribution in [0.1, 0.15) is 0 Å². The van der Waals surface area contributed by atoms with Gasteiger partial charge in [-0.15, -0.1) is 0 Å². The minimum Gasteiger partial charge on any atom is -1.00 e. The summed E-state index contributed by atoms with van der Waals surface area (Å²) < 4.78 is 0. The van der Waals surface area contributed by atoms with Gasteiger partial charge in [0.25, 0.3) is 0 Å². The molecule has 0 saturated carbocycles. The third-order valence-corrected chi connectivity index (χ3v) is 0. The SMILES string of the molecule is [Cl-].[Cl-].[Cl-].[Cl][Al]([Cl])[Cl].[Eu+3]. The van der Waals surface area contributed by atoms with Crippen LogP contribution < -0.4 is 37.2 Å². The molecule has 8 heteroatoms. The van der Waals surface area contributed by atoms with Gasteiger partial charge < -0.3 is 37.2 Å². The fourth-order valence-corrected chi connectivity index (χ4v) is 0. The van der Waals surface area contributed by atoms with Crippen molar-refractivity contribution >= 4 is 41.5 Å². The summed E-state index contributed by atoms with van der Waals surface area (Å²) in [5.74, 6) is 0. The first-order valence-corrected chi connectivity index (χ1v) is 5.89. The van der Waals surface area contributed by atoms with Gasteiger partial charge in [-0.3, -0.25) is 0 Å². The molecule has 0 rings (SSSR count). The number of hydrogen-bond donors (Lipinski definition) is 0. The number of hydrogen-bond acceptors (Lipinski definition) is 0. The molecule has 0 N–H and O–H groups in total. The number of halogens is 6. The Kier molecular flexibility index (Phi) is 83.4. The molecule has 0 aliphatic rings. The molecule has 0 heterocycles. The fraction of sp³-hybridized carbons (Fsp3) is 0. The van der Waals surface area contributed by atoms with Crippen molar-refractivity contribution in [1.82, 2.24) is 0 Å². The summed E-state index contributed by atoms with van der Waals surface area (Å²) in [6.07, 6.45) is 0. The average molecular weight is 392 g/mol. The summed E-state index contributed by atoms with van der Waals surface area (Å²) in [5.41, 5.74) is 0. The van der Waals surface area contributed by atoms with Gasteiger partial charge in [0, 0.05) is 0 Å². The second-order valence-electron chi connectivity index (χ2n) is 0.247. The van der Waals surface area contributed by atoms with Crippen molar-refractivity contribution in [2.24, 2.45) is 0 Å². The van der Waals surface area contributed by atoms with E-state index < -0.39 is 11.4 Å². The summed E-state index contributed by atoms with van der Waals surface area (Å²) in [6, 6.07) is 0. The fourth-order valence-electron chi connectivity index (χ4n) is 0. The predicted octanol–water partition coefficient (Wildman–Crippen LogP) is -7.30. The molecular formula is AlCl6Eu. The van der Waals surface area contributed by atoms with Crippen molar-refractivity contribution in [2.45, 2.75) is 0 Å². The van der Waals surface area contributed by atoms with Crippen LogP contribution in [0.5, 0.6) is 0 Å². The van der Waals surface area contributed by atoms with Crippen molar-refractivity contribution < 1.29 is 86.6 Å². The molecule has 0 aromatic heterocycles. The monoisotopic (exact) mass is 390 g/mol. The summed E-state index contributed by atoms with van der Waals surface area (Å²) in [4.78, 5) is 0. The normalized spacial score (nSPS) is 3.38. The van der Waals surface area contributed by atoms with Gasteiger partial charge in [0.15, 0.2) is 0 Å². The van der Waals surface area contributed by atoms with Crippen molar-refractivity contribution in [3.8, 4) is 0 Å². The van der Waals surface area contributed by atoms with Gasteiger partial charge in [-0.25, -0.2) is 30.1 Å². The molecule has 0 aliphatic heterocycles. The van der Waals surface area contributed by atoms with E-state index in [9.17, 15) is 0 Å². The topological polar surface area (TPSA) is 0 Å². The summed E-state index contributed by atoms with van der Waals surface area (Å²) >= 11 is -1.72. The van der Waals surface area contributed by atoms with Crippen LogP contribution >= 0.6 is 30.1 Å². The third kappa shape index (κ3) is 52.0. The predicted molar refractivity (Wildman–Crippen MR) is 23.3 cm³/mol. The molecule has 0 nitrogen and oxygen atoms in total. The van der Waals surface area contributed by atoms with Crippen LogP contribution in [-0.2, 0) is 0 Å². The molecule has 0 unspecified atom stereocenters. The quantitative estimate of drug-likeness (QED) is 0.360. The zero-order chi connectivity index (χ0) is 3.58. The van der Waals surface area contributed by atoms with Gasteiger partial charge in [0.1, 0.15) is 0 Å². The molecule has 0 aliphatic carbocycles. The zero-order valence-electron chi connectivity index (χ0n) is 3.22. The third-order valence-electron chi connectivity index (χ3n) is 0. The van der Waals surface area contributed by atoms with Gasteiger partial charge in [0.05, 0.1) is 0 Å². The Labute approximate surface area is 125 Å². The molecule has 0 spiro atoms. The van der Waals surface area contributed by atoms with Crippen LogP contribution in [0.4, 0.5) is 0 Å². The van der Waals surface area contributed by atoms with Crippen LogP contribution in [0.15, 0.2) is 0 Å². The molecule has 52 valence electrons. The first-order chi connectivity index (χ1) is 1.73. The van der Waals surface area contributed by atoms with E-state index in [-0.39, 0.29) is 86.6 Å². The molecular weight excluding hydrogens is 392 g/mol. The minimum absolute atomic E-state index is 0. The van der Waals surface area contributed by atoms with Gasteiger partial charge in [-0.2, -0.15) is 0 Å². The summed E-state index contributed by atoms with van der Waals surface area (Å²) in [7, 11) is 14.8. The first-order valence-electron chi connectivity index (χ1n) is 0.655. The zero-order valence-corrected chi connectivity index (χ0v) is 11.3. The Morgan fingerprint density at radius 3 is 0.750 bits per heavy atom. The molecule has 0 radical (unpaired) electrons. The standard InChI is InChI=1S/Al.6ClH.Eu/h;6*1H;/q+3;;;;;;;+3/p-6. The molecule has 0 saturated heterocycles. The summed E-state index contributed by atoms with van der Waals surface area (Å²) in [6.45, 7) is 0. The smallest absolute Gasteiger partial charge is 1.00 e. The maximum Gasteiger partial charge on any atom is 3.00 e. The number of rotatable bonds is 0. The molecule has 0 fully saturated rings. The Bertz CT molecular complexity index is 13.2. The van der Waals surface area contributed by atoms with Gasteiger partial charge >= 0.3 is 60.8 Å². The van der Waals surface area contributed by atoms with E-state index in [1.54, 1.807) is 0 Å². The van der Waals surface area contributed by atoms with E-state index in [0.717, 1.165) is 0 Å². The van der Waals surface area contributed by atoms with Gasteiger partial charge in [-0.1, -0.05) is 0 Å². The van der Waals surface area contributed by atoms with E-state index in [1.807, 2.05) is 0 Å². The van der Waals surface area contributed by atoms with Gasteiger partial charge in [-0.05, 0) is 0 Å². The van der Waals surface area contributed by atoms with E-state index in [1.165, 1.54) is 0 Å². The van der Waals surface area contributed by atoms with Crippen LogP contribution in [0.25, 0.3) is 0 Å². The molecule has 0 atom stereocenters. The van der Waals surface area contributed by atoms with Crippen LogP contribution in [-0.4, -0.2) is 11.4 Å². The van der Waals surface area contributed by atoms with Crippen molar-refractivity contribution in [2.75, 3.05) is 0 Å². The van der Waals surface area contributed by atoms with Crippen LogP contribution in [0.2, 0.25) is 0 Å². The van der Waals surface area contributed by atoms with Crippen molar-refractivity contribution in [3.05, 3.63) is 0 Å². The molecule has 0 aromatic rings. The van der Waals surface area contributed by atoms with Crippen LogP contribution in [0.3, 0.4) is 0 Å². The molecule has 8 heavy (non-hydrogen) atoms. The largest absolute Gasteiger partial charge is 3.00 e. The molecule has 0 bridgehead atoms. The Morgan fingerprint density at radius 2 is 0.750 bits per heavy atom. The van der Waals surface area contributed by atoms with Crippen molar-refractivity contribution in [3.63, 3.8) is 0 Å². The Hall–Kier alpha value is 3.86. The van der Waals surface area contributed by atoms with E-state index >= 15 is 0 Å². The van der Waals surface area contributed by atoms with E-state index in [2.05, 4.69) is 0 Å². The van der Waals surface area contributed by atoms with E-state index in [0.29, 0.717) is 0 Å². The summed E-state index contributed by atoms with van der Waals surface area (Å²) in [5, 5.41) is 0. The average Bonchev–Trinajstić information content (AvgIpc) is 0.811. The maximum atomic E-state index is 4.94. The second kappa shape index (κ2) is 22.4. The maximum absolute atomic E-state index is 4.94. The minimum atomic E-state index is -1.72. The van der Waals surface area contributed by atoms with Gasteiger partial charge in [0.2, 0.25) is 0 Å². The Morgan fingerprint density at radius 1 is 0.750 bits per heavy atom. The van der Waals surface area contributed by atoms with Crippen molar-refractivity contribution in [1.29, 1.82) is 0 Å². The van der Waals surface area contributed by atoms with Crippen LogP contribution in [0, 0.1) is 49.4 Å². The molecule has 0 aromatic carbocycles. The molecule has 0 amide bonds. The Balaban J connectivity index is -0.00000000750. The second-order valence-corrected chi connectivity index (χ2v) is 6.68. The van der Waals surface area contributed by atoms with E-state index in [4.69, 9.17) is 30.1 Å².